The van der Waals surface area contributed by atoms with E-state index in [1.54, 1.807) is 27.7 Å². The Morgan fingerprint density at radius 1 is 1.18 bits per heavy atom. The predicted octanol–water partition coefficient (Wildman–Crippen LogP) is 4.02. The highest BCUT2D eigenvalue weighted by molar-refractivity contribution is 5.88. The number of carbonyl (C=O) groups is 2. The van der Waals surface area contributed by atoms with Crippen molar-refractivity contribution in [3.63, 3.8) is 0 Å². The van der Waals surface area contributed by atoms with Crippen LogP contribution in [-0.2, 0) is 16.0 Å². The maximum absolute atomic E-state index is 12.3. The number of halogens is 3. The second kappa shape index (κ2) is 6.37. The Morgan fingerprint density at radius 3 is 2.27 bits per heavy atom. The molecule has 0 atom stereocenters. The molecule has 0 unspecified atom stereocenters. The standard InChI is InChI=1S/C15H18F3NO3/c1-9-5-6-10(8-12(20)15(16,17)18)7-11(9)19-13(21)22-14(2,3)4/h5-7H,8H2,1-4H3,(H,19,21). The molecule has 22 heavy (non-hydrogen) atoms. The summed E-state index contributed by atoms with van der Waals surface area (Å²) in [6.45, 7) is 6.76. The number of rotatable bonds is 3. The lowest BCUT2D eigenvalue weighted by atomic mass is 10.1. The summed E-state index contributed by atoms with van der Waals surface area (Å²) in [5.74, 6) is -1.83. The number of hydrogen-bond acceptors (Lipinski definition) is 3. The predicted molar refractivity (Wildman–Crippen MR) is 75.8 cm³/mol. The normalized spacial score (nSPS) is 12.0. The van der Waals surface area contributed by atoms with Crippen molar-refractivity contribution in [3.8, 4) is 0 Å². The monoisotopic (exact) mass is 317 g/mol. The molecule has 1 aromatic carbocycles. The van der Waals surface area contributed by atoms with Gasteiger partial charge in [-0.1, -0.05) is 12.1 Å². The van der Waals surface area contributed by atoms with Gasteiger partial charge in [-0.2, -0.15) is 13.2 Å². The number of nitrogens with one attached hydrogen (secondary N) is 1. The van der Waals surface area contributed by atoms with Gasteiger partial charge in [-0.25, -0.2) is 4.79 Å². The van der Waals surface area contributed by atoms with Gasteiger partial charge in [0, 0.05) is 12.1 Å². The molecule has 0 saturated heterocycles. The van der Waals surface area contributed by atoms with Crippen molar-refractivity contribution in [1.82, 2.24) is 0 Å². The van der Waals surface area contributed by atoms with Crippen LogP contribution in [0.15, 0.2) is 18.2 Å². The molecule has 1 aromatic rings. The smallest absolute Gasteiger partial charge is 0.444 e. The van der Waals surface area contributed by atoms with Crippen molar-refractivity contribution in [2.75, 3.05) is 5.32 Å². The van der Waals surface area contributed by atoms with Crippen molar-refractivity contribution < 1.29 is 27.5 Å². The largest absolute Gasteiger partial charge is 0.450 e. The minimum absolute atomic E-state index is 0.166. The Kier molecular flexibility index (Phi) is 5.22. The van der Waals surface area contributed by atoms with Gasteiger partial charge in [-0.05, 0) is 44.9 Å². The zero-order valence-corrected chi connectivity index (χ0v) is 12.8. The molecular formula is C15H18F3NO3. The van der Waals surface area contributed by atoms with Crippen molar-refractivity contribution in [1.29, 1.82) is 0 Å². The second-order valence-corrected chi connectivity index (χ2v) is 5.87. The first-order chi connectivity index (χ1) is 9.88. The molecule has 0 heterocycles. The maximum Gasteiger partial charge on any atom is 0.450 e. The Morgan fingerprint density at radius 2 is 1.77 bits per heavy atom. The van der Waals surface area contributed by atoms with E-state index < -0.39 is 30.1 Å². The first kappa shape index (κ1) is 18.0. The molecule has 0 bridgehead atoms. The highest BCUT2D eigenvalue weighted by atomic mass is 19.4. The molecule has 0 radical (unpaired) electrons. The average molecular weight is 317 g/mol. The third kappa shape index (κ3) is 5.75. The van der Waals surface area contributed by atoms with Crippen LogP contribution in [0.2, 0.25) is 0 Å². The number of ether oxygens (including phenoxy) is 1. The highest BCUT2D eigenvalue weighted by Gasteiger charge is 2.37. The van der Waals surface area contributed by atoms with Gasteiger partial charge >= 0.3 is 12.3 Å². The zero-order valence-electron chi connectivity index (χ0n) is 12.8. The van der Waals surface area contributed by atoms with E-state index in [2.05, 4.69) is 5.32 Å². The summed E-state index contributed by atoms with van der Waals surface area (Å²) in [6.07, 6.45) is -6.36. The quantitative estimate of drug-likeness (QED) is 0.916. The summed E-state index contributed by atoms with van der Waals surface area (Å²) in [5, 5.41) is 2.47. The molecule has 1 N–H and O–H groups in total. The van der Waals surface area contributed by atoms with E-state index in [1.165, 1.54) is 18.2 Å². The van der Waals surface area contributed by atoms with Crippen LogP contribution in [0.5, 0.6) is 0 Å². The van der Waals surface area contributed by atoms with Gasteiger partial charge in [0.25, 0.3) is 0 Å². The SMILES string of the molecule is Cc1ccc(CC(=O)C(F)(F)F)cc1NC(=O)OC(C)(C)C. The fourth-order valence-electron chi connectivity index (χ4n) is 1.61. The van der Waals surface area contributed by atoms with Gasteiger partial charge in [-0.15, -0.1) is 0 Å². The molecule has 0 fully saturated rings. The van der Waals surface area contributed by atoms with Crippen LogP contribution >= 0.6 is 0 Å². The van der Waals surface area contributed by atoms with Gasteiger partial charge < -0.3 is 4.74 Å². The number of aryl methyl sites for hydroxylation is 1. The average Bonchev–Trinajstić information content (AvgIpc) is 2.29. The van der Waals surface area contributed by atoms with E-state index >= 15 is 0 Å². The molecule has 0 aliphatic rings. The van der Waals surface area contributed by atoms with Crippen molar-refractivity contribution >= 4 is 17.6 Å². The Labute approximate surface area is 126 Å². The van der Waals surface area contributed by atoms with E-state index in [0.29, 0.717) is 11.3 Å². The Hall–Kier alpha value is -2.05. The molecule has 0 aromatic heterocycles. The first-order valence-corrected chi connectivity index (χ1v) is 6.58. The van der Waals surface area contributed by atoms with E-state index in [4.69, 9.17) is 4.74 Å². The van der Waals surface area contributed by atoms with Crippen LogP contribution in [-0.4, -0.2) is 23.7 Å². The van der Waals surface area contributed by atoms with Crippen LogP contribution in [0.25, 0.3) is 0 Å². The number of alkyl halides is 3. The molecule has 0 saturated carbocycles. The van der Waals surface area contributed by atoms with Gasteiger partial charge in [-0.3, -0.25) is 10.1 Å². The minimum Gasteiger partial charge on any atom is -0.444 e. The molecule has 0 aliphatic carbocycles. The van der Waals surface area contributed by atoms with Crippen LogP contribution < -0.4 is 5.32 Å². The van der Waals surface area contributed by atoms with Gasteiger partial charge in [0.05, 0.1) is 0 Å². The Balaban J connectivity index is 2.87. The summed E-state index contributed by atoms with van der Waals surface area (Å²) >= 11 is 0. The summed E-state index contributed by atoms with van der Waals surface area (Å²) in [6, 6.07) is 4.29. The third-order valence-electron chi connectivity index (χ3n) is 2.62. The van der Waals surface area contributed by atoms with Crippen LogP contribution in [0.4, 0.5) is 23.7 Å². The zero-order chi connectivity index (χ0) is 17.1. The summed E-state index contributed by atoms with van der Waals surface area (Å²) in [7, 11) is 0. The third-order valence-corrected chi connectivity index (χ3v) is 2.62. The van der Waals surface area contributed by atoms with E-state index in [1.807, 2.05) is 0 Å². The molecule has 0 spiro atoms. The van der Waals surface area contributed by atoms with E-state index in [9.17, 15) is 22.8 Å². The number of ketones is 1. The van der Waals surface area contributed by atoms with Crippen molar-refractivity contribution in [3.05, 3.63) is 29.3 Å². The van der Waals surface area contributed by atoms with E-state index in [0.717, 1.165) is 0 Å². The lowest BCUT2D eigenvalue weighted by Gasteiger charge is -2.20. The van der Waals surface area contributed by atoms with Crippen LogP contribution in [0.1, 0.15) is 31.9 Å². The molecule has 1 amide bonds. The fourth-order valence-corrected chi connectivity index (χ4v) is 1.61. The number of anilines is 1. The Bertz CT molecular complexity index is 574. The van der Waals surface area contributed by atoms with Gasteiger partial charge in [0.1, 0.15) is 5.60 Å². The second-order valence-electron chi connectivity index (χ2n) is 5.87. The molecule has 4 nitrogen and oxygen atoms in total. The molecular weight excluding hydrogens is 299 g/mol. The summed E-state index contributed by atoms with van der Waals surface area (Å²) in [4.78, 5) is 22.7. The van der Waals surface area contributed by atoms with Crippen molar-refractivity contribution in [2.24, 2.45) is 0 Å². The number of Topliss-reactive ketones (excluding diaryl/α,β-unsaturated/α-hetero) is 1. The summed E-state index contributed by atoms with van der Waals surface area (Å²) < 4.78 is 41.9. The topological polar surface area (TPSA) is 55.4 Å². The number of carbonyl (C=O) groups excluding carboxylic acids is 2. The molecule has 7 heteroatoms. The fraction of sp³-hybridized carbons (Fsp3) is 0.467. The number of hydrogen-bond donors (Lipinski definition) is 1. The molecule has 1 rings (SSSR count). The molecule has 122 valence electrons. The van der Waals surface area contributed by atoms with Crippen LogP contribution in [0, 0.1) is 6.92 Å². The first-order valence-electron chi connectivity index (χ1n) is 6.58. The number of amides is 1. The number of benzene rings is 1. The van der Waals surface area contributed by atoms with Gasteiger partial charge in [0.15, 0.2) is 0 Å². The van der Waals surface area contributed by atoms with Crippen LogP contribution in [0.3, 0.4) is 0 Å². The maximum atomic E-state index is 12.3. The lowest BCUT2D eigenvalue weighted by molar-refractivity contribution is -0.170. The highest BCUT2D eigenvalue weighted by Crippen LogP contribution is 2.22. The van der Waals surface area contributed by atoms with Crippen molar-refractivity contribution in [2.45, 2.75) is 45.9 Å². The van der Waals surface area contributed by atoms with E-state index in [-0.39, 0.29) is 5.56 Å². The minimum atomic E-state index is -4.87. The van der Waals surface area contributed by atoms with Gasteiger partial charge in [0.2, 0.25) is 5.78 Å². The summed E-state index contributed by atoms with van der Waals surface area (Å²) in [5.41, 5.74) is 0.428. The molecule has 0 aliphatic heterocycles. The lowest BCUT2D eigenvalue weighted by Crippen LogP contribution is -2.27.